The molecule has 1 saturated heterocycles. The van der Waals surface area contributed by atoms with Crippen molar-refractivity contribution in [2.75, 3.05) is 26.2 Å². The molecule has 1 aromatic carbocycles. The number of nitrogens with zero attached hydrogens (tertiary/aromatic N) is 3. The third-order valence-corrected chi connectivity index (χ3v) is 4.05. The molecule has 108 valence electrons. The topological polar surface area (TPSA) is 33.1 Å². The minimum absolute atomic E-state index is 0.386. The van der Waals surface area contributed by atoms with Gasteiger partial charge in [0, 0.05) is 37.2 Å². The maximum atomic E-state index is 6.14. The lowest BCUT2D eigenvalue weighted by atomic mass is 10.3. The number of piperazine rings is 1. The van der Waals surface area contributed by atoms with Crippen molar-refractivity contribution < 1.29 is 0 Å². The van der Waals surface area contributed by atoms with Crippen molar-refractivity contribution in [2.24, 2.45) is 0 Å². The summed E-state index contributed by atoms with van der Waals surface area (Å²) in [5.41, 5.74) is 2.17. The number of fused-ring (bicyclic) bond motifs is 1. The second kappa shape index (κ2) is 5.72. The summed E-state index contributed by atoms with van der Waals surface area (Å²) in [6.07, 6.45) is 0. The summed E-state index contributed by atoms with van der Waals surface area (Å²) >= 11 is 6.14. The van der Waals surface area contributed by atoms with E-state index >= 15 is 0 Å². The zero-order valence-corrected chi connectivity index (χ0v) is 12.8. The van der Waals surface area contributed by atoms with Gasteiger partial charge in [0.25, 0.3) is 0 Å². The van der Waals surface area contributed by atoms with Gasteiger partial charge in [-0.2, -0.15) is 0 Å². The highest BCUT2D eigenvalue weighted by atomic mass is 35.5. The second-order valence-corrected chi connectivity index (χ2v) is 6.09. The van der Waals surface area contributed by atoms with E-state index < -0.39 is 0 Å². The van der Waals surface area contributed by atoms with Crippen LogP contribution in [-0.4, -0.2) is 40.6 Å². The van der Waals surface area contributed by atoms with E-state index in [9.17, 15) is 0 Å². The summed E-state index contributed by atoms with van der Waals surface area (Å²) in [7, 11) is 0. The molecule has 1 fully saturated rings. The molecule has 1 N–H and O–H groups in total. The number of hydrogen-bond acceptors (Lipinski definition) is 3. The molecule has 2 aromatic rings. The first kappa shape index (κ1) is 13.9. The molecule has 0 aliphatic carbocycles. The number of rotatable bonds is 3. The van der Waals surface area contributed by atoms with E-state index in [2.05, 4.69) is 28.6 Å². The Kier molecular flexibility index (Phi) is 3.96. The summed E-state index contributed by atoms with van der Waals surface area (Å²) in [6, 6.07) is 6.33. The Hall–Kier alpha value is -1.10. The number of benzene rings is 1. The van der Waals surface area contributed by atoms with E-state index in [1.54, 1.807) is 0 Å². The van der Waals surface area contributed by atoms with Gasteiger partial charge in [-0.25, -0.2) is 4.98 Å². The van der Waals surface area contributed by atoms with Gasteiger partial charge in [0.2, 0.25) is 0 Å². The van der Waals surface area contributed by atoms with Crippen LogP contribution in [0.25, 0.3) is 11.0 Å². The fourth-order valence-corrected chi connectivity index (χ4v) is 3.04. The average Bonchev–Trinajstić information content (AvgIpc) is 2.77. The molecule has 5 heteroatoms. The fraction of sp³-hybridized carbons (Fsp3) is 0.533. The van der Waals surface area contributed by atoms with Crippen LogP contribution in [0.4, 0.5) is 0 Å². The predicted octanol–water partition coefficient (Wildman–Crippen LogP) is 2.68. The van der Waals surface area contributed by atoms with E-state index in [4.69, 9.17) is 16.6 Å². The molecule has 0 radical (unpaired) electrons. The highest BCUT2D eigenvalue weighted by Crippen LogP contribution is 2.25. The molecule has 0 amide bonds. The first-order valence-electron chi connectivity index (χ1n) is 7.24. The first-order chi connectivity index (χ1) is 9.65. The monoisotopic (exact) mass is 292 g/mol. The molecule has 20 heavy (non-hydrogen) atoms. The summed E-state index contributed by atoms with van der Waals surface area (Å²) in [6.45, 7) is 9.60. The fourth-order valence-electron chi connectivity index (χ4n) is 2.87. The maximum Gasteiger partial charge on any atom is 0.124 e. The largest absolute Gasteiger partial charge is 0.324 e. The van der Waals surface area contributed by atoms with Crippen molar-refractivity contribution >= 4 is 22.6 Å². The summed E-state index contributed by atoms with van der Waals surface area (Å²) in [5, 5.41) is 4.16. The van der Waals surface area contributed by atoms with Crippen LogP contribution in [0.2, 0.25) is 5.02 Å². The van der Waals surface area contributed by atoms with Gasteiger partial charge < -0.3 is 9.88 Å². The smallest absolute Gasteiger partial charge is 0.124 e. The van der Waals surface area contributed by atoms with E-state index in [1.165, 1.54) is 0 Å². The number of halogens is 1. The Labute approximate surface area is 124 Å². The lowest BCUT2D eigenvalue weighted by molar-refractivity contribution is 0.224. The first-order valence-corrected chi connectivity index (χ1v) is 7.62. The summed E-state index contributed by atoms with van der Waals surface area (Å²) in [4.78, 5) is 7.27. The zero-order chi connectivity index (χ0) is 14.1. The third kappa shape index (κ3) is 2.68. The number of aromatic nitrogens is 2. The Bertz CT molecular complexity index is 599. The lowest BCUT2D eigenvalue weighted by Crippen LogP contribution is -2.43. The minimum Gasteiger partial charge on any atom is -0.324 e. The molecule has 3 rings (SSSR count). The molecular formula is C15H21ClN4. The van der Waals surface area contributed by atoms with Gasteiger partial charge in [-0.15, -0.1) is 0 Å². The SMILES string of the molecule is CC(C)n1c(CN2CCNCC2)nc2ccc(Cl)cc21. The Balaban J connectivity index is 1.98. The number of imidazole rings is 1. The van der Waals surface area contributed by atoms with Crippen LogP contribution >= 0.6 is 11.6 Å². The van der Waals surface area contributed by atoms with Gasteiger partial charge in [0.1, 0.15) is 5.82 Å². The molecular weight excluding hydrogens is 272 g/mol. The van der Waals surface area contributed by atoms with Gasteiger partial charge >= 0.3 is 0 Å². The van der Waals surface area contributed by atoms with Crippen LogP contribution in [0.15, 0.2) is 18.2 Å². The molecule has 1 aliphatic rings. The van der Waals surface area contributed by atoms with Crippen LogP contribution < -0.4 is 5.32 Å². The Morgan fingerprint density at radius 1 is 1.30 bits per heavy atom. The summed E-state index contributed by atoms with van der Waals surface area (Å²) < 4.78 is 2.31. The van der Waals surface area contributed by atoms with Crippen LogP contribution in [0, 0.1) is 0 Å². The van der Waals surface area contributed by atoms with E-state index in [1.807, 2.05) is 18.2 Å². The summed E-state index contributed by atoms with van der Waals surface area (Å²) in [5.74, 6) is 1.14. The van der Waals surface area contributed by atoms with Gasteiger partial charge in [0.05, 0.1) is 17.6 Å². The van der Waals surface area contributed by atoms with Crippen molar-refractivity contribution in [1.82, 2.24) is 19.8 Å². The van der Waals surface area contributed by atoms with Gasteiger partial charge in [0.15, 0.2) is 0 Å². The Morgan fingerprint density at radius 3 is 2.75 bits per heavy atom. The van der Waals surface area contributed by atoms with Crippen molar-refractivity contribution in [3.63, 3.8) is 0 Å². The maximum absolute atomic E-state index is 6.14. The quantitative estimate of drug-likeness (QED) is 0.944. The average molecular weight is 293 g/mol. The molecule has 1 aliphatic heterocycles. The van der Waals surface area contributed by atoms with Gasteiger partial charge in [-0.1, -0.05) is 11.6 Å². The van der Waals surface area contributed by atoms with E-state index in [-0.39, 0.29) is 0 Å². The van der Waals surface area contributed by atoms with Crippen LogP contribution in [0.3, 0.4) is 0 Å². The third-order valence-electron chi connectivity index (χ3n) is 3.82. The lowest BCUT2D eigenvalue weighted by Gasteiger charge is -2.27. The van der Waals surface area contributed by atoms with Gasteiger partial charge in [-0.05, 0) is 32.0 Å². The predicted molar refractivity (Wildman–Crippen MR) is 83.3 cm³/mol. The minimum atomic E-state index is 0.386. The highest BCUT2D eigenvalue weighted by molar-refractivity contribution is 6.31. The van der Waals surface area contributed by atoms with Crippen LogP contribution in [0.1, 0.15) is 25.7 Å². The van der Waals surface area contributed by atoms with E-state index in [0.717, 1.165) is 54.6 Å². The van der Waals surface area contributed by atoms with Gasteiger partial charge in [-0.3, -0.25) is 4.90 Å². The number of hydrogen-bond donors (Lipinski definition) is 1. The molecule has 0 saturated carbocycles. The normalized spacial score (nSPS) is 17.2. The van der Waals surface area contributed by atoms with Crippen molar-refractivity contribution in [2.45, 2.75) is 26.4 Å². The van der Waals surface area contributed by atoms with E-state index in [0.29, 0.717) is 6.04 Å². The molecule has 0 unspecified atom stereocenters. The molecule has 1 aromatic heterocycles. The zero-order valence-electron chi connectivity index (χ0n) is 12.1. The highest BCUT2D eigenvalue weighted by Gasteiger charge is 2.17. The van der Waals surface area contributed by atoms with Crippen molar-refractivity contribution in [3.05, 3.63) is 29.0 Å². The molecule has 4 nitrogen and oxygen atoms in total. The van der Waals surface area contributed by atoms with Crippen molar-refractivity contribution in [1.29, 1.82) is 0 Å². The molecule has 2 heterocycles. The number of nitrogens with one attached hydrogen (secondary N) is 1. The molecule has 0 atom stereocenters. The molecule has 0 spiro atoms. The van der Waals surface area contributed by atoms with Crippen LogP contribution in [0.5, 0.6) is 0 Å². The van der Waals surface area contributed by atoms with Crippen LogP contribution in [-0.2, 0) is 6.54 Å². The van der Waals surface area contributed by atoms with Crippen molar-refractivity contribution in [3.8, 4) is 0 Å². The second-order valence-electron chi connectivity index (χ2n) is 5.65. The standard InChI is InChI=1S/C15H21ClN4/c1-11(2)20-14-9-12(16)3-4-13(14)18-15(20)10-19-7-5-17-6-8-19/h3-4,9,11,17H,5-8,10H2,1-2H3. The molecule has 0 bridgehead atoms. The Morgan fingerprint density at radius 2 is 2.05 bits per heavy atom.